The lowest BCUT2D eigenvalue weighted by molar-refractivity contribution is -0.126. The van der Waals surface area contributed by atoms with E-state index in [-0.39, 0.29) is 18.2 Å². The fraction of sp³-hybridized carbons (Fsp3) is 0.214. The van der Waals surface area contributed by atoms with Crippen LogP contribution in [0.3, 0.4) is 0 Å². The number of carbonyl (C=O) groups is 2. The van der Waals surface area contributed by atoms with Crippen LogP contribution in [-0.4, -0.2) is 34.0 Å². The molecule has 8 heteroatoms. The molecule has 2 aliphatic rings. The van der Waals surface area contributed by atoms with Crippen LogP contribution >= 0.6 is 0 Å². The summed E-state index contributed by atoms with van der Waals surface area (Å²) >= 11 is 0. The van der Waals surface area contributed by atoms with Crippen LogP contribution in [0.1, 0.15) is 24.1 Å². The summed E-state index contributed by atoms with van der Waals surface area (Å²) in [6.07, 6.45) is 4.81. The van der Waals surface area contributed by atoms with Crippen molar-refractivity contribution in [1.82, 2.24) is 14.9 Å². The highest BCUT2D eigenvalue weighted by molar-refractivity contribution is 6.08. The molecule has 1 saturated heterocycles. The second kappa shape index (κ2) is 8.86. The van der Waals surface area contributed by atoms with Gasteiger partial charge in [-0.3, -0.25) is 9.59 Å². The van der Waals surface area contributed by atoms with Crippen molar-refractivity contribution < 1.29 is 14.3 Å². The van der Waals surface area contributed by atoms with Crippen molar-refractivity contribution in [2.45, 2.75) is 31.8 Å². The Morgan fingerprint density at radius 3 is 2.89 bits per heavy atom. The largest absolute Gasteiger partial charge is 0.468 e. The van der Waals surface area contributed by atoms with Crippen LogP contribution in [0.15, 0.2) is 67.1 Å². The molecule has 0 spiro atoms. The van der Waals surface area contributed by atoms with Gasteiger partial charge in [-0.2, -0.15) is 0 Å². The average Bonchev–Trinajstić information content (AvgIpc) is 3.48. The fourth-order valence-corrected chi connectivity index (χ4v) is 4.95. The van der Waals surface area contributed by atoms with Crippen molar-refractivity contribution in [3.05, 3.63) is 89.8 Å². The van der Waals surface area contributed by atoms with Crippen molar-refractivity contribution in [2.75, 3.05) is 11.4 Å². The average molecular weight is 478 g/mol. The van der Waals surface area contributed by atoms with E-state index in [1.807, 2.05) is 53.1 Å². The van der Waals surface area contributed by atoms with Crippen molar-refractivity contribution >= 4 is 34.0 Å². The molecule has 1 fully saturated rings. The first-order valence-electron chi connectivity index (χ1n) is 11.9. The van der Waals surface area contributed by atoms with Gasteiger partial charge in [0.05, 0.1) is 18.6 Å². The van der Waals surface area contributed by atoms with Gasteiger partial charge in [0.2, 0.25) is 17.5 Å². The first-order chi connectivity index (χ1) is 17.6. The second-order valence-electron chi connectivity index (χ2n) is 9.09. The molecule has 2 aliphatic heterocycles. The Bertz CT molecular complexity index is 1550. The second-order valence-corrected chi connectivity index (χ2v) is 9.09. The molecule has 1 aromatic heterocycles. The standard InChI is InChI=1S/C28H23N5O3/c1-29-23-9-5-18-13-26(23)36-21-8-6-19-3-2-4-25(22(19)14-21)33-12-11-24(28(33)35)31-27(34)10-7-20-15-30-17-32(20)16-18/h2-6,8-9,13-15,17,24H,7,10-12,16H2,(H,31,34)/t24-/m0/s1. The Morgan fingerprint density at radius 2 is 2.00 bits per heavy atom. The monoisotopic (exact) mass is 477 g/mol. The van der Waals surface area contributed by atoms with Gasteiger partial charge in [-0.1, -0.05) is 30.3 Å². The van der Waals surface area contributed by atoms with Gasteiger partial charge in [0.1, 0.15) is 17.5 Å². The summed E-state index contributed by atoms with van der Waals surface area (Å²) in [5.74, 6) is 0.787. The number of rotatable bonds is 0. The molecule has 8 nitrogen and oxygen atoms in total. The van der Waals surface area contributed by atoms with E-state index in [0.717, 1.165) is 27.7 Å². The maximum atomic E-state index is 13.3. The highest BCUT2D eigenvalue weighted by Crippen LogP contribution is 2.37. The zero-order chi connectivity index (χ0) is 24.6. The molecule has 3 heterocycles. The van der Waals surface area contributed by atoms with Gasteiger partial charge in [-0.15, -0.1) is 0 Å². The Morgan fingerprint density at radius 1 is 1.08 bits per heavy atom. The van der Waals surface area contributed by atoms with Gasteiger partial charge in [-0.05, 0) is 48.1 Å². The lowest BCUT2D eigenvalue weighted by atomic mass is 10.1. The number of imidazole rings is 1. The van der Waals surface area contributed by atoms with Crippen molar-refractivity contribution in [3.63, 3.8) is 0 Å². The molecule has 0 aliphatic carbocycles. The normalized spacial score (nSPS) is 17.6. The van der Waals surface area contributed by atoms with Gasteiger partial charge in [0.25, 0.3) is 0 Å². The van der Waals surface area contributed by atoms with Crippen LogP contribution in [0.4, 0.5) is 11.4 Å². The number of carbonyl (C=O) groups excluding carboxylic acids is 2. The number of hydrogen-bond acceptors (Lipinski definition) is 4. The number of benzene rings is 3. The minimum absolute atomic E-state index is 0.115. The number of fused-ring (bicyclic) bond motifs is 7. The van der Waals surface area contributed by atoms with E-state index in [2.05, 4.69) is 15.1 Å². The number of anilines is 1. The molecule has 178 valence electrons. The number of amides is 2. The summed E-state index contributed by atoms with van der Waals surface area (Å²) in [5.41, 5.74) is 3.07. The van der Waals surface area contributed by atoms with Gasteiger partial charge in [-0.25, -0.2) is 9.83 Å². The van der Waals surface area contributed by atoms with Crippen LogP contribution in [0.5, 0.6) is 11.5 Å². The van der Waals surface area contributed by atoms with E-state index < -0.39 is 6.04 Å². The summed E-state index contributed by atoms with van der Waals surface area (Å²) in [6.45, 7) is 8.65. The zero-order valence-electron chi connectivity index (χ0n) is 19.5. The van der Waals surface area contributed by atoms with Crippen LogP contribution in [-0.2, 0) is 22.6 Å². The molecule has 36 heavy (non-hydrogen) atoms. The predicted octanol–water partition coefficient (Wildman–Crippen LogP) is 4.60. The van der Waals surface area contributed by atoms with Crippen molar-refractivity contribution in [3.8, 4) is 11.5 Å². The maximum absolute atomic E-state index is 13.3. The van der Waals surface area contributed by atoms with E-state index in [9.17, 15) is 9.59 Å². The molecule has 2 amide bonds. The smallest absolute Gasteiger partial charge is 0.249 e. The van der Waals surface area contributed by atoms with Gasteiger partial charge < -0.3 is 19.5 Å². The summed E-state index contributed by atoms with van der Waals surface area (Å²) in [7, 11) is 0. The first-order valence-corrected chi connectivity index (χ1v) is 11.9. The summed E-state index contributed by atoms with van der Waals surface area (Å²) in [4.78, 5) is 35.6. The topological polar surface area (TPSA) is 80.8 Å². The SMILES string of the molecule is [C-]#[N+]c1ccc2cc1Oc1ccc3cccc(c3c1)N1CC[C@H](NC(=O)CCc3cncn3C2)C1=O. The third kappa shape index (κ3) is 3.95. The first kappa shape index (κ1) is 21.9. The van der Waals surface area contributed by atoms with Crippen LogP contribution in [0.2, 0.25) is 0 Å². The Labute approximate surface area is 207 Å². The molecule has 1 N–H and O–H groups in total. The van der Waals surface area contributed by atoms with E-state index >= 15 is 0 Å². The molecule has 0 unspecified atom stereocenters. The molecule has 1 atom stereocenters. The highest BCUT2D eigenvalue weighted by atomic mass is 16.5. The molecule has 3 aromatic carbocycles. The van der Waals surface area contributed by atoms with Gasteiger partial charge in [0, 0.05) is 36.8 Å². The third-order valence-corrected chi connectivity index (χ3v) is 6.79. The van der Waals surface area contributed by atoms with Crippen LogP contribution in [0, 0.1) is 6.57 Å². The van der Waals surface area contributed by atoms with Crippen molar-refractivity contribution in [1.29, 1.82) is 0 Å². The summed E-state index contributed by atoms with van der Waals surface area (Å²) in [5, 5.41) is 4.78. The zero-order valence-corrected chi connectivity index (χ0v) is 19.5. The minimum atomic E-state index is -0.544. The maximum Gasteiger partial charge on any atom is 0.249 e. The molecule has 0 saturated carbocycles. The minimum Gasteiger partial charge on any atom is -0.468 e. The van der Waals surface area contributed by atoms with Gasteiger partial charge >= 0.3 is 0 Å². The molecule has 4 aromatic rings. The highest BCUT2D eigenvalue weighted by Gasteiger charge is 2.34. The van der Waals surface area contributed by atoms with Crippen LogP contribution < -0.4 is 15.0 Å². The quantitative estimate of drug-likeness (QED) is 0.376. The molecule has 6 rings (SSSR count). The van der Waals surface area contributed by atoms with E-state index in [1.165, 1.54) is 0 Å². The number of aryl methyl sites for hydroxylation is 1. The van der Waals surface area contributed by atoms with E-state index in [1.54, 1.807) is 23.5 Å². The molecular weight excluding hydrogens is 454 g/mol. The number of hydrogen-bond donors (Lipinski definition) is 1. The van der Waals surface area contributed by atoms with E-state index in [4.69, 9.17) is 11.3 Å². The molecular formula is C28H23N5O3. The predicted molar refractivity (Wildman–Crippen MR) is 135 cm³/mol. The Hall–Kier alpha value is -4.64. The third-order valence-electron chi connectivity index (χ3n) is 6.79. The Balaban J connectivity index is 1.47. The van der Waals surface area contributed by atoms with E-state index in [0.29, 0.717) is 43.1 Å². The van der Waals surface area contributed by atoms with Crippen molar-refractivity contribution in [2.24, 2.45) is 0 Å². The molecule has 0 radical (unpaired) electrons. The summed E-state index contributed by atoms with van der Waals surface area (Å²) in [6, 6.07) is 16.5. The summed E-state index contributed by atoms with van der Waals surface area (Å²) < 4.78 is 8.22. The van der Waals surface area contributed by atoms with Crippen LogP contribution in [0.25, 0.3) is 15.6 Å². The number of nitrogens with one attached hydrogen (secondary N) is 1. The number of nitrogens with zero attached hydrogens (tertiary/aromatic N) is 4. The lowest BCUT2D eigenvalue weighted by Gasteiger charge is -2.20. The number of ether oxygens (including phenoxy) is 1. The Kier molecular flexibility index (Phi) is 5.38. The van der Waals surface area contributed by atoms with Gasteiger partial charge in [0.15, 0.2) is 0 Å². The fourth-order valence-electron chi connectivity index (χ4n) is 4.95. The number of aromatic nitrogens is 2. The molecule has 6 bridgehead atoms. The lowest BCUT2D eigenvalue weighted by Crippen LogP contribution is -2.41.